The van der Waals surface area contributed by atoms with E-state index in [1.54, 1.807) is 0 Å². The first-order valence-corrected chi connectivity index (χ1v) is 3.73. The molecule has 0 aliphatic rings. The standard InChI is InChI=1S/C3H7O3S/c1-2-7(5,6)3-4/h2-3H2,1H3. The van der Waals surface area contributed by atoms with E-state index in [4.69, 9.17) is 0 Å². The third-order valence-electron chi connectivity index (χ3n) is 0.619. The summed E-state index contributed by atoms with van der Waals surface area (Å²) in [7, 11) is -3.21. The molecule has 0 amide bonds. The first-order chi connectivity index (χ1) is 3.12. The van der Waals surface area contributed by atoms with Crippen LogP contribution >= 0.6 is 0 Å². The second-order valence-electron chi connectivity index (χ2n) is 1.15. The second-order valence-corrected chi connectivity index (χ2v) is 3.45. The molecule has 4 heteroatoms. The Morgan fingerprint density at radius 2 is 1.86 bits per heavy atom. The number of hydrogen-bond donors (Lipinski definition) is 0. The molecule has 1 radical (unpaired) electrons. The van der Waals surface area contributed by atoms with Gasteiger partial charge in [-0.25, -0.2) is 13.5 Å². The van der Waals surface area contributed by atoms with Crippen LogP contribution in [0.15, 0.2) is 0 Å². The van der Waals surface area contributed by atoms with Crippen molar-refractivity contribution in [1.82, 2.24) is 0 Å². The molecule has 0 bridgehead atoms. The Labute approximate surface area is 42.9 Å². The lowest BCUT2D eigenvalue weighted by Crippen LogP contribution is -2.05. The molecular formula is C3H7O3S. The van der Waals surface area contributed by atoms with Gasteiger partial charge in [0.15, 0.2) is 15.8 Å². The van der Waals surface area contributed by atoms with E-state index in [1.165, 1.54) is 6.92 Å². The summed E-state index contributed by atoms with van der Waals surface area (Å²) in [5.74, 6) is -1.03. The molecule has 0 spiro atoms. The predicted molar refractivity (Wildman–Crippen MR) is 25.0 cm³/mol. The summed E-state index contributed by atoms with van der Waals surface area (Å²) < 4.78 is 20.1. The molecule has 0 N–H and O–H groups in total. The molecule has 0 unspecified atom stereocenters. The average molecular weight is 123 g/mol. The van der Waals surface area contributed by atoms with Crippen molar-refractivity contribution in [3.05, 3.63) is 0 Å². The van der Waals surface area contributed by atoms with Crippen LogP contribution in [0.25, 0.3) is 0 Å². The highest BCUT2D eigenvalue weighted by Crippen LogP contribution is 1.83. The molecule has 43 valence electrons. The molecule has 0 aliphatic heterocycles. The van der Waals surface area contributed by atoms with Crippen LogP contribution in [0.4, 0.5) is 0 Å². The average Bonchev–Trinajstić information content (AvgIpc) is 1.68. The molecule has 7 heavy (non-hydrogen) atoms. The van der Waals surface area contributed by atoms with E-state index in [0.717, 1.165) is 0 Å². The zero-order chi connectivity index (χ0) is 5.91. The van der Waals surface area contributed by atoms with Crippen LogP contribution < -0.4 is 0 Å². The van der Waals surface area contributed by atoms with E-state index in [2.05, 4.69) is 0 Å². The molecular weight excluding hydrogens is 116 g/mol. The van der Waals surface area contributed by atoms with E-state index in [1.807, 2.05) is 0 Å². The highest BCUT2D eigenvalue weighted by Gasteiger charge is 2.02. The van der Waals surface area contributed by atoms with Crippen molar-refractivity contribution in [3.63, 3.8) is 0 Å². The minimum absolute atomic E-state index is 0.0451. The zero-order valence-electron chi connectivity index (χ0n) is 4.05. The van der Waals surface area contributed by atoms with E-state index < -0.39 is 15.8 Å². The highest BCUT2D eigenvalue weighted by atomic mass is 32.2. The highest BCUT2D eigenvalue weighted by molar-refractivity contribution is 7.91. The van der Waals surface area contributed by atoms with Crippen LogP contribution in [-0.4, -0.2) is 20.1 Å². The van der Waals surface area contributed by atoms with Gasteiger partial charge in [-0.15, -0.1) is 0 Å². The molecule has 0 aromatic heterocycles. The van der Waals surface area contributed by atoms with Gasteiger partial charge in [-0.05, 0) is 0 Å². The van der Waals surface area contributed by atoms with Gasteiger partial charge >= 0.3 is 0 Å². The van der Waals surface area contributed by atoms with Crippen LogP contribution in [0.2, 0.25) is 0 Å². The quantitative estimate of drug-likeness (QED) is 0.511. The van der Waals surface area contributed by atoms with Gasteiger partial charge in [0.25, 0.3) is 0 Å². The number of rotatable bonds is 2. The maximum Gasteiger partial charge on any atom is 0.183 e. The van der Waals surface area contributed by atoms with E-state index in [0.29, 0.717) is 0 Å². The van der Waals surface area contributed by atoms with Crippen molar-refractivity contribution in [2.75, 3.05) is 11.7 Å². The molecule has 0 heterocycles. The summed E-state index contributed by atoms with van der Waals surface area (Å²) in [6.07, 6.45) is 0. The molecule has 3 nitrogen and oxygen atoms in total. The molecule has 0 atom stereocenters. The van der Waals surface area contributed by atoms with E-state index >= 15 is 0 Å². The Bertz CT molecular complexity index is 113. The van der Waals surface area contributed by atoms with Gasteiger partial charge in [-0.2, -0.15) is 0 Å². The molecule has 0 fully saturated rings. The zero-order valence-corrected chi connectivity index (χ0v) is 4.86. The normalized spacial score (nSPS) is 11.7. The van der Waals surface area contributed by atoms with Crippen LogP contribution in [0, 0.1) is 0 Å². The first kappa shape index (κ1) is 6.91. The summed E-state index contributed by atoms with van der Waals surface area (Å²) in [4.78, 5) is 0. The minimum Gasteiger partial charge on any atom is -0.226 e. The summed E-state index contributed by atoms with van der Waals surface area (Å²) in [5, 5.41) is 9.59. The van der Waals surface area contributed by atoms with Crippen LogP contribution in [0.5, 0.6) is 0 Å². The van der Waals surface area contributed by atoms with Gasteiger partial charge in [0.1, 0.15) is 0 Å². The Hall–Kier alpha value is -0.0900. The molecule has 0 aromatic rings. The van der Waals surface area contributed by atoms with Crippen molar-refractivity contribution in [2.24, 2.45) is 0 Å². The fourth-order valence-electron chi connectivity index (χ4n) is 0.0833. The van der Waals surface area contributed by atoms with Gasteiger partial charge in [0.2, 0.25) is 0 Å². The minimum atomic E-state index is -3.21. The Morgan fingerprint density at radius 3 is 1.86 bits per heavy atom. The summed E-state index contributed by atoms with van der Waals surface area (Å²) in [5.41, 5.74) is 0. The lowest BCUT2D eigenvalue weighted by Gasteiger charge is -1.86. The van der Waals surface area contributed by atoms with Crippen molar-refractivity contribution in [3.8, 4) is 0 Å². The Kier molecular flexibility index (Phi) is 2.25. The fourth-order valence-corrected chi connectivity index (χ4v) is 0.250. The van der Waals surface area contributed by atoms with Crippen LogP contribution in [0.1, 0.15) is 6.92 Å². The largest absolute Gasteiger partial charge is 0.226 e. The van der Waals surface area contributed by atoms with Crippen LogP contribution in [-0.2, 0) is 14.9 Å². The third-order valence-corrected chi connectivity index (χ3v) is 1.86. The van der Waals surface area contributed by atoms with Crippen molar-refractivity contribution >= 4 is 9.84 Å². The first-order valence-electron chi connectivity index (χ1n) is 1.91. The lowest BCUT2D eigenvalue weighted by atomic mass is 11.0. The van der Waals surface area contributed by atoms with Crippen molar-refractivity contribution in [2.45, 2.75) is 6.92 Å². The fraction of sp³-hybridized carbons (Fsp3) is 1.00. The van der Waals surface area contributed by atoms with Crippen molar-refractivity contribution in [1.29, 1.82) is 0 Å². The summed E-state index contributed by atoms with van der Waals surface area (Å²) >= 11 is 0. The van der Waals surface area contributed by atoms with E-state index in [9.17, 15) is 13.5 Å². The topological polar surface area (TPSA) is 54.0 Å². The molecule has 0 aromatic carbocycles. The smallest absolute Gasteiger partial charge is 0.183 e. The van der Waals surface area contributed by atoms with E-state index in [-0.39, 0.29) is 5.75 Å². The van der Waals surface area contributed by atoms with Crippen LogP contribution in [0.3, 0.4) is 0 Å². The van der Waals surface area contributed by atoms with Gasteiger partial charge in [-0.3, -0.25) is 0 Å². The van der Waals surface area contributed by atoms with Gasteiger partial charge in [0.05, 0.1) is 0 Å². The number of hydrogen-bond acceptors (Lipinski definition) is 2. The van der Waals surface area contributed by atoms with Crippen molar-refractivity contribution < 1.29 is 13.5 Å². The molecule has 0 aliphatic carbocycles. The predicted octanol–water partition coefficient (Wildman–Crippen LogP) is -0.191. The second kappa shape index (κ2) is 2.28. The third kappa shape index (κ3) is 2.59. The number of sulfone groups is 1. The Morgan fingerprint density at radius 1 is 1.43 bits per heavy atom. The maximum absolute atomic E-state index is 10.1. The molecule has 0 rings (SSSR count). The SMILES string of the molecule is CCS(=O)(=O)C[O]. The Balaban J connectivity index is 3.89. The maximum atomic E-state index is 10.1. The monoisotopic (exact) mass is 123 g/mol. The van der Waals surface area contributed by atoms with Gasteiger partial charge in [-0.1, -0.05) is 6.92 Å². The lowest BCUT2D eigenvalue weighted by molar-refractivity contribution is 0.250. The van der Waals surface area contributed by atoms with Gasteiger partial charge < -0.3 is 0 Å². The molecule has 0 saturated heterocycles. The summed E-state index contributed by atoms with van der Waals surface area (Å²) in [6.45, 7) is 1.45. The van der Waals surface area contributed by atoms with Gasteiger partial charge in [0, 0.05) is 5.75 Å². The molecule has 0 saturated carbocycles. The summed E-state index contributed by atoms with van der Waals surface area (Å²) in [6, 6.07) is 0.